The first-order valence-electron chi connectivity index (χ1n) is 8.87. The largest absolute Gasteiger partial charge is 0.464 e. The van der Waals surface area contributed by atoms with E-state index in [2.05, 4.69) is 4.98 Å². The molecule has 3 aromatic heterocycles. The molecule has 1 aliphatic carbocycles. The van der Waals surface area contributed by atoms with E-state index in [4.69, 9.17) is 4.42 Å². The molecule has 0 saturated carbocycles. The van der Waals surface area contributed by atoms with Crippen LogP contribution in [0.5, 0.6) is 0 Å². The maximum atomic E-state index is 12.8. The highest BCUT2D eigenvalue weighted by molar-refractivity contribution is 7.99. The van der Waals surface area contributed by atoms with Crippen LogP contribution in [0.25, 0.3) is 10.2 Å². The number of carbonyl (C=O) groups excluding carboxylic acids is 1. The van der Waals surface area contributed by atoms with Gasteiger partial charge in [-0.1, -0.05) is 11.8 Å². The molecule has 0 aromatic carbocycles. The van der Waals surface area contributed by atoms with Crippen LogP contribution in [-0.4, -0.2) is 33.2 Å². The van der Waals surface area contributed by atoms with E-state index in [-0.39, 0.29) is 17.2 Å². The third kappa shape index (κ3) is 3.43. The normalized spacial score (nSPS) is 13.3. The summed E-state index contributed by atoms with van der Waals surface area (Å²) in [5.41, 5.74) is 1.18. The maximum Gasteiger partial charge on any atom is 0.262 e. The summed E-state index contributed by atoms with van der Waals surface area (Å²) in [7, 11) is 3.48. The minimum absolute atomic E-state index is 0.00577. The van der Waals surface area contributed by atoms with Crippen molar-refractivity contribution >= 4 is 39.2 Å². The van der Waals surface area contributed by atoms with Gasteiger partial charge in [-0.3, -0.25) is 14.2 Å². The second-order valence-corrected chi connectivity index (χ2v) is 8.87. The molecule has 1 aliphatic rings. The van der Waals surface area contributed by atoms with Crippen LogP contribution in [0.15, 0.2) is 26.5 Å². The van der Waals surface area contributed by atoms with E-state index in [0.717, 1.165) is 41.0 Å². The highest BCUT2D eigenvalue weighted by atomic mass is 32.2. The zero-order valence-corrected chi connectivity index (χ0v) is 17.2. The average Bonchev–Trinajstić information content (AvgIpc) is 3.32. The number of thiophene rings is 1. The Kier molecular flexibility index (Phi) is 4.86. The second-order valence-electron chi connectivity index (χ2n) is 6.85. The highest BCUT2D eigenvalue weighted by Crippen LogP contribution is 2.35. The molecule has 27 heavy (non-hydrogen) atoms. The minimum atomic E-state index is -0.0305. The first kappa shape index (κ1) is 18.3. The molecule has 4 rings (SSSR count). The van der Waals surface area contributed by atoms with Gasteiger partial charge in [-0.25, -0.2) is 4.98 Å². The zero-order chi connectivity index (χ0) is 19.1. The van der Waals surface area contributed by atoms with Gasteiger partial charge in [0.05, 0.1) is 17.7 Å². The molecule has 3 aromatic rings. The summed E-state index contributed by atoms with van der Waals surface area (Å²) in [6.07, 6.45) is 3.12. The van der Waals surface area contributed by atoms with E-state index in [0.29, 0.717) is 11.7 Å². The van der Waals surface area contributed by atoms with Gasteiger partial charge in [-0.2, -0.15) is 0 Å². The second kappa shape index (κ2) is 7.16. The number of aromatic nitrogens is 2. The fraction of sp³-hybridized carbons (Fsp3) is 0.421. The van der Waals surface area contributed by atoms with Crippen molar-refractivity contribution < 1.29 is 9.21 Å². The molecule has 6 nitrogen and oxygen atoms in total. The van der Waals surface area contributed by atoms with Crippen LogP contribution in [0.1, 0.15) is 28.4 Å². The number of thioether (sulfide) groups is 1. The summed E-state index contributed by atoms with van der Waals surface area (Å²) in [6.45, 7) is 2.31. The fourth-order valence-corrected chi connectivity index (χ4v) is 5.58. The van der Waals surface area contributed by atoms with Crippen molar-refractivity contribution in [3.8, 4) is 0 Å². The molecule has 0 fully saturated rings. The Morgan fingerprint density at radius 3 is 2.96 bits per heavy atom. The van der Waals surface area contributed by atoms with E-state index in [9.17, 15) is 9.59 Å². The molecule has 0 unspecified atom stereocenters. The molecular formula is C19H21N3O3S2. The van der Waals surface area contributed by atoms with E-state index in [1.807, 2.05) is 19.1 Å². The van der Waals surface area contributed by atoms with Crippen molar-refractivity contribution in [2.45, 2.75) is 37.9 Å². The first-order chi connectivity index (χ1) is 12.9. The third-order valence-electron chi connectivity index (χ3n) is 4.84. The van der Waals surface area contributed by atoms with Gasteiger partial charge in [0.1, 0.15) is 16.4 Å². The quantitative estimate of drug-likeness (QED) is 0.484. The highest BCUT2D eigenvalue weighted by Gasteiger charge is 2.23. The molecule has 1 amide bonds. The van der Waals surface area contributed by atoms with Gasteiger partial charge in [-0.15, -0.1) is 11.3 Å². The van der Waals surface area contributed by atoms with Crippen molar-refractivity contribution in [2.24, 2.45) is 7.05 Å². The summed E-state index contributed by atoms with van der Waals surface area (Å²) < 4.78 is 7.09. The Labute approximate surface area is 165 Å². The summed E-state index contributed by atoms with van der Waals surface area (Å²) in [4.78, 5) is 33.6. The number of hydrogen-bond acceptors (Lipinski definition) is 6. The molecule has 8 heteroatoms. The Bertz CT molecular complexity index is 1080. The molecule has 0 saturated heterocycles. The van der Waals surface area contributed by atoms with E-state index in [1.165, 1.54) is 22.2 Å². The topological polar surface area (TPSA) is 68.3 Å². The molecule has 0 spiro atoms. The number of hydrogen-bond donors (Lipinski definition) is 0. The summed E-state index contributed by atoms with van der Waals surface area (Å²) >= 11 is 2.93. The number of furan rings is 1. The maximum absolute atomic E-state index is 12.8. The number of aryl methyl sites for hydroxylation is 3. The van der Waals surface area contributed by atoms with Gasteiger partial charge in [0.2, 0.25) is 5.91 Å². The lowest BCUT2D eigenvalue weighted by molar-refractivity contribution is -0.127. The van der Waals surface area contributed by atoms with Crippen LogP contribution >= 0.6 is 23.1 Å². The monoisotopic (exact) mass is 403 g/mol. The van der Waals surface area contributed by atoms with Crippen LogP contribution in [0.3, 0.4) is 0 Å². The van der Waals surface area contributed by atoms with Crippen molar-refractivity contribution in [2.75, 3.05) is 12.8 Å². The van der Waals surface area contributed by atoms with Crippen LogP contribution in [0.4, 0.5) is 0 Å². The minimum Gasteiger partial charge on any atom is -0.464 e. The average molecular weight is 404 g/mol. The van der Waals surface area contributed by atoms with Crippen molar-refractivity contribution in [3.63, 3.8) is 0 Å². The fourth-order valence-electron chi connectivity index (χ4n) is 3.36. The first-order valence-corrected chi connectivity index (χ1v) is 10.7. The lowest BCUT2D eigenvalue weighted by atomic mass is 10.2. The molecule has 142 valence electrons. The number of nitrogens with zero attached hydrogens (tertiary/aromatic N) is 3. The third-order valence-corrected chi connectivity index (χ3v) is 7.05. The number of amides is 1. The summed E-state index contributed by atoms with van der Waals surface area (Å²) in [5, 5.41) is 1.36. The number of fused-ring (bicyclic) bond motifs is 3. The molecule has 3 heterocycles. The molecule has 0 radical (unpaired) electrons. The Balaban J connectivity index is 1.49. The Morgan fingerprint density at radius 2 is 2.22 bits per heavy atom. The summed E-state index contributed by atoms with van der Waals surface area (Å²) in [6, 6.07) is 3.76. The lowest BCUT2D eigenvalue weighted by Gasteiger charge is -2.15. The van der Waals surface area contributed by atoms with Crippen LogP contribution < -0.4 is 5.56 Å². The zero-order valence-electron chi connectivity index (χ0n) is 15.6. The predicted octanol–water partition coefficient (Wildman–Crippen LogP) is 3.14. The van der Waals surface area contributed by atoms with Gasteiger partial charge < -0.3 is 9.32 Å². The molecule has 0 aliphatic heterocycles. The standard InChI is InChI=1S/C19H21N3O3S2/c1-11-7-8-12(25-11)9-21(2)15(23)10-26-19-20-17-16(18(24)22(19)3)13-5-4-6-14(13)27-17/h7-8H,4-6,9-10H2,1-3H3. The smallest absolute Gasteiger partial charge is 0.262 e. The van der Waals surface area contributed by atoms with E-state index in [1.54, 1.807) is 34.9 Å². The van der Waals surface area contributed by atoms with Crippen LogP contribution in [0.2, 0.25) is 0 Å². The van der Waals surface area contributed by atoms with Gasteiger partial charge in [0, 0.05) is 19.0 Å². The van der Waals surface area contributed by atoms with Crippen LogP contribution in [-0.2, 0) is 31.2 Å². The van der Waals surface area contributed by atoms with Crippen molar-refractivity contribution in [3.05, 3.63) is 44.4 Å². The lowest BCUT2D eigenvalue weighted by Crippen LogP contribution is -2.28. The SMILES string of the molecule is Cc1ccc(CN(C)C(=O)CSc2nc3sc4c(c3c(=O)n2C)CCC4)o1. The predicted molar refractivity (Wildman–Crippen MR) is 108 cm³/mol. The molecule has 0 N–H and O–H groups in total. The number of carbonyl (C=O) groups is 1. The Morgan fingerprint density at radius 1 is 1.41 bits per heavy atom. The van der Waals surface area contributed by atoms with Gasteiger partial charge in [0.25, 0.3) is 5.56 Å². The van der Waals surface area contributed by atoms with Gasteiger partial charge in [0.15, 0.2) is 5.16 Å². The van der Waals surface area contributed by atoms with E-state index >= 15 is 0 Å². The van der Waals surface area contributed by atoms with E-state index < -0.39 is 0 Å². The number of rotatable bonds is 5. The van der Waals surface area contributed by atoms with Crippen molar-refractivity contribution in [1.29, 1.82) is 0 Å². The molecular weight excluding hydrogens is 382 g/mol. The van der Waals surface area contributed by atoms with Crippen molar-refractivity contribution in [1.82, 2.24) is 14.5 Å². The van der Waals surface area contributed by atoms with Gasteiger partial charge in [-0.05, 0) is 43.9 Å². The molecule has 0 atom stereocenters. The summed E-state index contributed by atoms with van der Waals surface area (Å²) in [5.74, 6) is 1.79. The molecule has 0 bridgehead atoms. The Hall–Kier alpha value is -2.06. The van der Waals surface area contributed by atoms with Gasteiger partial charge >= 0.3 is 0 Å². The van der Waals surface area contributed by atoms with Crippen LogP contribution in [0, 0.1) is 6.92 Å².